The van der Waals surface area contributed by atoms with Crippen molar-refractivity contribution in [3.8, 4) is 0 Å². The van der Waals surface area contributed by atoms with Crippen molar-refractivity contribution >= 4 is 15.9 Å². The van der Waals surface area contributed by atoms with Crippen LogP contribution in [0, 0.1) is 12.8 Å². The molecule has 0 saturated heterocycles. The van der Waals surface area contributed by atoms with Gasteiger partial charge in [0.05, 0.1) is 15.9 Å². The van der Waals surface area contributed by atoms with E-state index in [0.29, 0.717) is 5.92 Å². The van der Waals surface area contributed by atoms with E-state index in [1.54, 1.807) is 0 Å². The van der Waals surface area contributed by atoms with Crippen LogP contribution in [0.1, 0.15) is 45.5 Å². The highest BCUT2D eigenvalue weighted by Crippen LogP contribution is 2.29. The summed E-state index contributed by atoms with van der Waals surface area (Å²) in [6, 6.07) is 0. The topological polar surface area (TPSA) is 43.8 Å². The second-order valence-corrected chi connectivity index (χ2v) is 5.87. The molecule has 0 aromatic carbocycles. The molecule has 0 spiro atoms. The Morgan fingerprint density at radius 3 is 2.41 bits per heavy atom. The molecule has 1 unspecified atom stereocenters. The normalized spacial score (nSPS) is 15.3. The van der Waals surface area contributed by atoms with Crippen LogP contribution in [0.3, 0.4) is 0 Å². The van der Waals surface area contributed by atoms with E-state index in [1.807, 2.05) is 6.92 Å². The third-order valence-electron chi connectivity index (χ3n) is 3.76. The van der Waals surface area contributed by atoms with Gasteiger partial charge in [0.1, 0.15) is 0 Å². The third kappa shape index (κ3) is 2.91. The smallest absolute Gasteiger partial charge is 0.0738 e. The molecule has 17 heavy (non-hydrogen) atoms. The highest BCUT2D eigenvalue weighted by atomic mass is 79.9. The number of hydrogen-bond donors (Lipinski definition) is 1. The quantitative estimate of drug-likeness (QED) is 0.907. The van der Waals surface area contributed by atoms with Crippen molar-refractivity contribution in [1.29, 1.82) is 0 Å². The molecule has 0 fully saturated rings. The molecule has 0 saturated carbocycles. The fourth-order valence-corrected chi connectivity index (χ4v) is 2.51. The summed E-state index contributed by atoms with van der Waals surface area (Å²) in [7, 11) is 0. The van der Waals surface area contributed by atoms with Crippen LogP contribution >= 0.6 is 15.9 Å². The summed E-state index contributed by atoms with van der Waals surface area (Å²) >= 11 is 3.63. The van der Waals surface area contributed by atoms with Gasteiger partial charge in [-0.1, -0.05) is 20.8 Å². The van der Waals surface area contributed by atoms with Crippen LogP contribution in [0.15, 0.2) is 4.47 Å². The van der Waals surface area contributed by atoms with Crippen LogP contribution in [0.25, 0.3) is 0 Å². The summed E-state index contributed by atoms with van der Waals surface area (Å²) in [5.41, 5.74) is 8.63. The van der Waals surface area contributed by atoms with E-state index in [-0.39, 0.29) is 5.54 Å². The van der Waals surface area contributed by atoms with Crippen LogP contribution in [0.5, 0.6) is 0 Å². The van der Waals surface area contributed by atoms with Crippen molar-refractivity contribution < 1.29 is 0 Å². The summed E-state index contributed by atoms with van der Waals surface area (Å²) in [6.07, 6.45) is 1.85. The number of aromatic nitrogens is 2. The van der Waals surface area contributed by atoms with Gasteiger partial charge in [0.15, 0.2) is 0 Å². The monoisotopic (exact) mass is 301 g/mol. The molecule has 0 aliphatic carbocycles. The Morgan fingerprint density at radius 2 is 2.00 bits per heavy atom. The predicted octanol–water partition coefficient (Wildman–Crippen LogP) is 3.28. The molecule has 1 atom stereocenters. The van der Waals surface area contributed by atoms with Crippen LogP contribution in [-0.4, -0.2) is 15.3 Å². The molecule has 4 heteroatoms. The molecule has 0 radical (unpaired) electrons. The Labute approximate surface area is 113 Å². The maximum absolute atomic E-state index is 6.51. The molecule has 1 heterocycles. The SMILES string of the molecule is CCn1nc(C)c(Br)c1CC(N)(CC)C(C)C. The summed E-state index contributed by atoms with van der Waals surface area (Å²) in [4.78, 5) is 0. The molecule has 0 amide bonds. The third-order valence-corrected chi connectivity index (χ3v) is 4.79. The first-order chi connectivity index (χ1) is 7.85. The van der Waals surface area contributed by atoms with Gasteiger partial charge < -0.3 is 5.73 Å². The zero-order valence-electron chi connectivity index (χ0n) is 11.5. The second-order valence-electron chi connectivity index (χ2n) is 5.08. The van der Waals surface area contributed by atoms with E-state index in [1.165, 1.54) is 5.69 Å². The predicted molar refractivity (Wildman–Crippen MR) is 76.1 cm³/mol. The molecule has 1 aromatic heterocycles. The Kier molecular flexibility index (Phi) is 4.78. The minimum atomic E-state index is -0.151. The zero-order valence-corrected chi connectivity index (χ0v) is 13.1. The lowest BCUT2D eigenvalue weighted by atomic mass is 9.81. The van der Waals surface area contributed by atoms with Crippen molar-refractivity contribution in [3.63, 3.8) is 0 Å². The molecule has 0 bridgehead atoms. The Morgan fingerprint density at radius 1 is 1.41 bits per heavy atom. The van der Waals surface area contributed by atoms with E-state index >= 15 is 0 Å². The number of hydrogen-bond acceptors (Lipinski definition) is 2. The number of nitrogens with zero attached hydrogens (tertiary/aromatic N) is 2. The lowest BCUT2D eigenvalue weighted by molar-refractivity contribution is 0.289. The maximum atomic E-state index is 6.51. The molecule has 2 N–H and O–H groups in total. The molecular formula is C13H24BrN3. The highest BCUT2D eigenvalue weighted by molar-refractivity contribution is 9.10. The summed E-state index contributed by atoms with van der Waals surface area (Å²) in [6.45, 7) is 11.6. The second kappa shape index (κ2) is 5.53. The lowest BCUT2D eigenvalue weighted by Gasteiger charge is -2.33. The van der Waals surface area contributed by atoms with Crippen LogP contribution < -0.4 is 5.73 Å². The van der Waals surface area contributed by atoms with Crippen molar-refractivity contribution in [2.75, 3.05) is 0 Å². The number of rotatable bonds is 5. The van der Waals surface area contributed by atoms with E-state index in [9.17, 15) is 0 Å². The van der Waals surface area contributed by atoms with Gasteiger partial charge in [-0.3, -0.25) is 4.68 Å². The van der Waals surface area contributed by atoms with E-state index in [4.69, 9.17) is 5.73 Å². The average Bonchev–Trinajstić information content (AvgIpc) is 2.56. The number of nitrogens with two attached hydrogens (primary N) is 1. The zero-order chi connectivity index (χ0) is 13.2. The number of aryl methyl sites for hydroxylation is 2. The summed E-state index contributed by atoms with van der Waals surface area (Å²) in [5, 5.41) is 4.52. The maximum Gasteiger partial charge on any atom is 0.0738 e. The fraction of sp³-hybridized carbons (Fsp3) is 0.769. The van der Waals surface area contributed by atoms with E-state index < -0.39 is 0 Å². The lowest BCUT2D eigenvalue weighted by Crippen LogP contribution is -2.47. The van der Waals surface area contributed by atoms with E-state index in [2.05, 4.69) is 53.4 Å². The Hall–Kier alpha value is -0.350. The minimum Gasteiger partial charge on any atom is -0.325 e. The number of halogens is 1. The van der Waals surface area contributed by atoms with Crippen molar-refractivity contribution in [1.82, 2.24) is 9.78 Å². The van der Waals surface area contributed by atoms with Crippen LogP contribution in [0.4, 0.5) is 0 Å². The molecule has 0 aliphatic heterocycles. The van der Waals surface area contributed by atoms with E-state index in [0.717, 1.165) is 29.6 Å². The van der Waals surface area contributed by atoms with Gasteiger partial charge >= 0.3 is 0 Å². The Bertz CT molecular complexity index is 384. The molecule has 98 valence electrons. The first-order valence-electron chi connectivity index (χ1n) is 6.36. The summed E-state index contributed by atoms with van der Waals surface area (Å²) in [5.74, 6) is 0.458. The van der Waals surface area contributed by atoms with Gasteiger partial charge in [-0.25, -0.2) is 0 Å². The molecule has 3 nitrogen and oxygen atoms in total. The van der Waals surface area contributed by atoms with Crippen molar-refractivity contribution in [3.05, 3.63) is 15.9 Å². The van der Waals surface area contributed by atoms with Crippen molar-refractivity contribution in [2.24, 2.45) is 11.7 Å². The molecular weight excluding hydrogens is 278 g/mol. The van der Waals surface area contributed by atoms with Gasteiger partial charge in [-0.05, 0) is 42.1 Å². The van der Waals surface area contributed by atoms with Gasteiger partial charge in [0, 0.05) is 18.5 Å². The van der Waals surface area contributed by atoms with Gasteiger partial charge in [-0.2, -0.15) is 5.10 Å². The van der Waals surface area contributed by atoms with Crippen molar-refractivity contribution in [2.45, 2.75) is 59.5 Å². The highest BCUT2D eigenvalue weighted by Gasteiger charge is 2.30. The van der Waals surface area contributed by atoms with Gasteiger partial charge in [0.2, 0.25) is 0 Å². The van der Waals surface area contributed by atoms with Crippen LogP contribution in [0.2, 0.25) is 0 Å². The summed E-state index contributed by atoms with van der Waals surface area (Å²) < 4.78 is 3.17. The largest absolute Gasteiger partial charge is 0.325 e. The first-order valence-corrected chi connectivity index (χ1v) is 7.15. The van der Waals surface area contributed by atoms with Gasteiger partial charge in [-0.15, -0.1) is 0 Å². The molecule has 1 aromatic rings. The fourth-order valence-electron chi connectivity index (χ4n) is 2.09. The minimum absolute atomic E-state index is 0.151. The average molecular weight is 302 g/mol. The van der Waals surface area contributed by atoms with Gasteiger partial charge in [0.25, 0.3) is 0 Å². The molecule has 1 rings (SSSR count). The standard InChI is InChI=1S/C13H24BrN3/c1-6-13(15,9(3)4)8-11-12(14)10(5)16-17(11)7-2/h9H,6-8,15H2,1-5H3. The van der Waals surface area contributed by atoms with Crippen LogP contribution in [-0.2, 0) is 13.0 Å². The Balaban J connectivity index is 3.09. The first kappa shape index (κ1) is 14.7. The molecule has 0 aliphatic rings.